The highest BCUT2D eigenvalue weighted by Gasteiger charge is 2.29. The number of aromatic nitrogens is 2. The fourth-order valence-corrected chi connectivity index (χ4v) is 3.76. The number of thioether (sulfide) groups is 1. The summed E-state index contributed by atoms with van der Waals surface area (Å²) in [5.74, 6) is -0.437. The Morgan fingerprint density at radius 2 is 1.96 bits per heavy atom. The zero-order valence-corrected chi connectivity index (χ0v) is 15.0. The maximum atomic E-state index is 12.5. The van der Waals surface area contributed by atoms with Crippen molar-refractivity contribution in [2.24, 2.45) is 7.05 Å². The molecule has 1 amide bonds. The van der Waals surface area contributed by atoms with Crippen molar-refractivity contribution in [3.8, 4) is 0 Å². The summed E-state index contributed by atoms with van der Waals surface area (Å²) in [6.07, 6.45) is -4.42. The molecule has 26 heavy (non-hydrogen) atoms. The molecule has 3 rings (SSSR count). The Morgan fingerprint density at radius 1 is 1.27 bits per heavy atom. The number of hydrogen-bond donors (Lipinski definition) is 1. The number of carbonyl (C=O) groups excluding carboxylic acids is 1. The largest absolute Gasteiger partial charge is 0.416 e. The number of nitrogens with one attached hydrogen (secondary N) is 1. The van der Waals surface area contributed by atoms with E-state index in [4.69, 9.17) is 0 Å². The van der Waals surface area contributed by atoms with Gasteiger partial charge in [0.2, 0.25) is 5.91 Å². The smallest absolute Gasteiger partial charge is 0.325 e. The van der Waals surface area contributed by atoms with Gasteiger partial charge >= 0.3 is 6.18 Å². The van der Waals surface area contributed by atoms with Crippen LogP contribution in [0.25, 0.3) is 10.2 Å². The average Bonchev–Trinajstić information content (AvgIpc) is 3.05. The molecule has 2 heterocycles. The Bertz CT molecular complexity index is 1010. The number of alkyl halides is 3. The van der Waals surface area contributed by atoms with Crippen molar-refractivity contribution in [1.29, 1.82) is 0 Å². The van der Waals surface area contributed by atoms with E-state index in [0.717, 1.165) is 23.9 Å². The Labute approximate surface area is 153 Å². The summed E-state index contributed by atoms with van der Waals surface area (Å²) in [5, 5.41) is 5.21. The fraction of sp³-hybridized carbons (Fsp3) is 0.188. The molecule has 1 N–H and O–H groups in total. The van der Waals surface area contributed by atoms with Gasteiger partial charge in [-0.3, -0.25) is 14.2 Å². The molecule has 0 aliphatic heterocycles. The predicted molar refractivity (Wildman–Crippen MR) is 95.7 cm³/mol. The van der Waals surface area contributed by atoms with Crippen LogP contribution in [0.2, 0.25) is 0 Å². The molecule has 0 unspecified atom stereocenters. The number of hydrogen-bond acceptors (Lipinski definition) is 5. The minimum absolute atomic E-state index is 0.0296. The number of carbonyl (C=O) groups is 1. The van der Waals surface area contributed by atoms with E-state index in [1.165, 1.54) is 28.0 Å². The molecular formula is C16H12F3N3O2S2. The van der Waals surface area contributed by atoms with Crippen molar-refractivity contribution in [1.82, 2.24) is 9.55 Å². The first-order valence-electron chi connectivity index (χ1n) is 7.30. The van der Waals surface area contributed by atoms with Crippen LogP contribution in [-0.4, -0.2) is 21.2 Å². The second-order valence-corrected chi connectivity index (χ2v) is 7.15. The molecule has 0 spiro atoms. The lowest BCUT2D eigenvalue weighted by molar-refractivity contribution is -0.137. The van der Waals surface area contributed by atoms with E-state index in [1.807, 2.05) is 0 Å². The van der Waals surface area contributed by atoms with Gasteiger partial charge in [-0.05, 0) is 35.7 Å². The molecule has 0 bridgehead atoms. The third-order valence-electron chi connectivity index (χ3n) is 3.49. The van der Waals surface area contributed by atoms with E-state index in [0.29, 0.717) is 15.4 Å². The molecule has 0 fully saturated rings. The summed E-state index contributed by atoms with van der Waals surface area (Å²) >= 11 is 2.41. The van der Waals surface area contributed by atoms with Gasteiger partial charge < -0.3 is 5.32 Å². The maximum absolute atomic E-state index is 12.5. The van der Waals surface area contributed by atoms with Crippen molar-refractivity contribution in [2.45, 2.75) is 11.3 Å². The van der Waals surface area contributed by atoms with Gasteiger partial charge in [-0.1, -0.05) is 11.8 Å². The highest BCUT2D eigenvalue weighted by Crippen LogP contribution is 2.29. The van der Waals surface area contributed by atoms with Gasteiger partial charge in [-0.2, -0.15) is 13.2 Å². The van der Waals surface area contributed by atoms with Crippen LogP contribution in [-0.2, 0) is 18.0 Å². The van der Waals surface area contributed by atoms with E-state index in [-0.39, 0.29) is 17.0 Å². The monoisotopic (exact) mass is 399 g/mol. The summed E-state index contributed by atoms with van der Waals surface area (Å²) in [7, 11) is 1.57. The molecule has 10 heteroatoms. The minimum Gasteiger partial charge on any atom is -0.325 e. The van der Waals surface area contributed by atoms with Gasteiger partial charge in [0.1, 0.15) is 4.83 Å². The number of benzene rings is 1. The van der Waals surface area contributed by atoms with E-state index in [2.05, 4.69) is 10.3 Å². The Kier molecular flexibility index (Phi) is 5.05. The Morgan fingerprint density at radius 3 is 2.62 bits per heavy atom. The van der Waals surface area contributed by atoms with Crippen LogP contribution in [0, 0.1) is 0 Å². The maximum Gasteiger partial charge on any atom is 0.416 e. The number of amides is 1. The van der Waals surface area contributed by atoms with E-state index >= 15 is 0 Å². The van der Waals surface area contributed by atoms with Crippen LogP contribution in [0.15, 0.2) is 45.7 Å². The van der Waals surface area contributed by atoms with Gasteiger partial charge in [0.25, 0.3) is 5.56 Å². The third kappa shape index (κ3) is 3.91. The number of halogens is 3. The van der Waals surface area contributed by atoms with Gasteiger partial charge in [0, 0.05) is 12.7 Å². The molecule has 0 aliphatic rings. The average molecular weight is 399 g/mol. The molecule has 0 radical (unpaired) electrons. The zero-order chi connectivity index (χ0) is 18.9. The quantitative estimate of drug-likeness (QED) is 0.536. The number of anilines is 1. The molecule has 2 aromatic heterocycles. The summed E-state index contributed by atoms with van der Waals surface area (Å²) in [6, 6.07) is 5.88. The standard InChI is InChI=1S/C16H12F3N3O2S2/c1-22-14(24)11-6-7-25-13(11)21-15(22)26-8-12(23)20-10-4-2-9(3-5-10)16(17,18)19/h2-7H,8H2,1H3,(H,20,23). The van der Waals surface area contributed by atoms with Crippen molar-refractivity contribution in [2.75, 3.05) is 11.1 Å². The van der Waals surface area contributed by atoms with Gasteiger partial charge in [-0.15, -0.1) is 11.3 Å². The summed E-state index contributed by atoms with van der Waals surface area (Å²) < 4.78 is 38.9. The van der Waals surface area contributed by atoms with Gasteiger partial charge in [0.15, 0.2) is 5.16 Å². The summed E-state index contributed by atoms with van der Waals surface area (Å²) in [5.41, 5.74) is -0.714. The van der Waals surface area contributed by atoms with Crippen molar-refractivity contribution in [3.63, 3.8) is 0 Å². The summed E-state index contributed by atoms with van der Waals surface area (Å²) in [6.45, 7) is 0. The predicted octanol–water partition coefficient (Wildman–Crippen LogP) is 3.74. The second kappa shape index (κ2) is 7.12. The Balaban J connectivity index is 1.66. The lowest BCUT2D eigenvalue weighted by atomic mass is 10.2. The van der Waals surface area contributed by atoms with Crippen molar-refractivity contribution in [3.05, 3.63) is 51.6 Å². The molecule has 5 nitrogen and oxygen atoms in total. The first-order chi connectivity index (χ1) is 12.3. The first-order valence-corrected chi connectivity index (χ1v) is 9.16. The van der Waals surface area contributed by atoms with Crippen LogP contribution in [0.5, 0.6) is 0 Å². The first kappa shape index (κ1) is 18.5. The lowest BCUT2D eigenvalue weighted by Crippen LogP contribution is -2.20. The highest BCUT2D eigenvalue weighted by atomic mass is 32.2. The van der Waals surface area contributed by atoms with Crippen molar-refractivity contribution < 1.29 is 18.0 Å². The zero-order valence-electron chi connectivity index (χ0n) is 13.3. The lowest BCUT2D eigenvalue weighted by Gasteiger charge is -2.09. The molecule has 0 saturated carbocycles. The molecule has 1 aromatic carbocycles. The van der Waals surface area contributed by atoms with E-state index in [1.54, 1.807) is 18.5 Å². The minimum atomic E-state index is -4.42. The SMILES string of the molecule is Cn1c(SCC(=O)Nc2ccc(C(F)(F)F)cc2)nc2sccc2c1=O. The van der Waals surface area contributed by atoms with Crippen LogP contribution in [0.1, 0.15) is 5.56 Å². The molecule has 0 saturated heterocycles. The number of nitrogens with zero attached hydrogens (tertiary/aromatic N) is 2. The topological polar surface area (TPSA) is 64.0 Å². The molecule has 0 aliphatic carbocycles. The van der Waals surface area contributed by atoms with Crippen LogP contribution >= 0.6 is 23.1 Å². The normalized spacial score (nSPS) is 11.7. The van der Waals surface area contributed by atoms with Crippen LogP contribution < -0.4 is 10.9 Å². The molecule has 0 atom stereocenters. The third-order valence-corrected chi connectivity index (χ3v) is 5.33. The van der Waals surface area contributed by atoms with E-state index in [9.17, 15) is 22.8 Å². The summed E-state index contributed by atoms with van der Waals surface area (Å²) in [4.78, 5) is 29.1. The number of thiophene rings is 1. The Hall–Kier alpha value is -2.33. The fourth-order valence-electron chi connectivity index (χ4n) is 2.18. The van der Waals surface area contributed by atoms with Gasteiger partial charge in [0.05, 0.1) is 16.7 Å². The van der Waals surface area contributed by atoms with Crippen molar-refractivity contribution >= 4 is 44.9 Å². The van der Waals surface area contributed by atoms with Crippen LogP contribution in [0.3, 0.4) is 0 Å². The number of rotatable bonds is 4. The molecule has 136 valence electrons. The number of fused-ring (bicyclic) bond motifs is 1. The van der Waals surface area contributed by atoms with Crippen LogP contribution in [0.4, 0.5) is 18.9 Å². The van der Waals surface area contributed by atoms with E-state index < -0.39 is 17.6 Å². The second-order valence-electron chi connectivity index (χ2n) is 5.31. The molecular weight excluding hydrogens is 387 g/mol. The van der Waals surface area contributed by atoms with Gasteiger partial charge in [-0.25, -0.2) is 4.98 Å². The highest BCUT2D eigenvalue weighted by molar-refractivity contribution is 7.99. The molecule has 3 aromatic rings.